The first-order valence-electron chi connectivity index (χ1n) is 5.69. The van der Waals surface area contributed by atoms with Crippen molar-refractivity contribution in [1.29, 1.82) is 0 Å². The second kappa shape index (κ2) is 7.34. The smallest absolute Gasteiger partial charge is 0.0575 e. The molecule has 0 unspecified atom stereocenters. The molecule has 0 aromatic heterocycles. The molecule has 0 amide bonds. The number of rotatable bonds is 7. The molecule has 2 nitrogen and oxygen atoms in total. The Hall–Kier alpha value is -0.0800. The molecule has 0 bridgehead atoms. The van der Waals surface area contributed by atoms with E-state index < -0.39 is 0 Å². The molecule has 0 aromatic rings. The molecule has 1 saturated carbocycles. The third-order valence-electron chi connectivity index (χ3n) is 2.73. The van der Waals surface area contributed by atoms with Crippen LogP contribution >= 0.6 is 0 Å². The van der Waals surface area contributed by atoms with Crippen LogP contribution in [-0.2, 0) is 4.74 Å². The van der Waals surface area contributed by atoms with Gasteiger partial charge in [0.15, 0.2) is 0 Å². The molecule has 1 aliphatic carbocycles. The van der Waals surface area contributed by atoms with Gasteiger partial charge in [0.1, 0.15) is 0 Å². The fourth-order valence-electron chi connectivity index (χ4n) is 1.89. The molecule has 0 saturated heterocycles. The van der Waals surface area contributed by atoms with Crippen molar-refractivity contribution in [2.24, 2.45) is 0 Å². The highest BCUT2D eigenvalue weighted by atomic mass is 16.5. The molecule has 78 valence electrons. The van der Waals surface area contributed by atoms with Gasteiger partial charge in [-0.15, -0.1) is 0 Å². The van der Waals surface area contributed by atoms with Crippen LogP contribution in [0.2, 0.25) is 0 Å². The van der Waals surface area contributed by atoms with Crippen LogP contribution in [0.4, 0.5) is 0 Å². The van der Waals surface area contributed by atoms with Crippen LogP contribution < -0.4 is 5.32 Å². The lowest BCUT2D eigenvalue weighted by Gasteiger charge is -2.10. The second-order valence-corrected chi connectivity index (χ2v) is 3.94. The lowest BCUT2D eigenvalue weighted by atomic mass is 10.2. The van der Waals surface area contributed by atoms with Crippen LogP contribution in [-0.4, -0.2) is 26.3 Å². The van der Waals surface area contributed by atoms with Gasteiger partial charge in [0.25, 0.3) is 0 Å². The number of hydrogen-bond acceptors (Lipinski definition) is 2. The Morgan fingerprint density at radius 1 is 1.15 bits per heavy atom. The summed E-state index contributed by atoms with van der Waals surface area (Å²) in [6, 6.07) is 0. The third kappa shape index (κ3) is 5.27. The minimum absolute atomic E-state index is 0.601. The van der Waals surface area contributed by atoms with Crippen LogP contribution in [0.1, 0.15) is 44.9 Å². The number of ether oxygens (including phenoxy) is 1. The van der Waals surface area contributed by atoms with Crippen molar-refractivity contribution in [3.63, 3.8) is 0 Å². The Morgan fingerprint density at radius 2 is 1.92 bits per heavy atom. The fourth-order valence-corrected chi connectivity index (χ4v) is 1.89. The van der Waals surface area contributed by atoms with E-state index in [9.17, 15) is 0 Å². The molecule has 0 radical (unpaired) electrons. The largest absolute Gasteiger partial charge is 0.378 e. The van der Waals surface area contributed by atoms with Gasteiger partial charge in [-0.05, 0) is 45.7 Å². The van der Waals surface area contributed by atoms with Crippen molar-refractivity contribution in [1.82, 2.24) is 5.32 Å². The summed E-state index contributed by atoms with van der Waals surface area (Å²) in [5.41, 5.74) is 0. The Balaban J connectivity index is 1.78. The molecular weight excluding hydrogens is 162 g/mol. The first-order chi connectivity index (χ1) is 6.43. The molecule has 13 heavy (non-hydrogen) atoms. The van der Waals surface area contributed by atoms with E-state index in [2.05, 4.69) is 5.32 Å². The van der Waals surface area contributed by atoms with Crippen LogP contribution in [0.5, 0.6) is 0 Å². The van der Waals surface area contributed by atoms with Gasteiger partial charge in [-0.25, -0.2) is 0 Å². The first-order valence-corrected chi connectivity index (χ1v) is 5.69. The lowest BCUT2D eigenvalue weighted by molar-refractivity contribution is 0.0557. The van der Waals surface area contributed by atoms with Gasteiger partial charge in [-0.3, -0.25) is 0 Å². The van der Waals surface area contributed by atoms with E-state index >= 15 is 0 Å². The summed E-state index contributed by atoms with van der Waals surface area (Å²) in [5, 5.41) is 3.16. The SMILES string of the molecule is CNCCCCCOC1CCCC1. The van der Waals surface area contributed by atoms with Gasteiger partial charge in [-0.2, -0.15) is 0 Å². The van der Waals surface area contributed by atoms with Crippen molar-refractivity contribution in [2.45, 2.75) is 51.0 Å². The van der Waals surface area contributed by atoms with Crippen molar-refractivity contribution in [2.75, 3.05) is 20.2 Å². The third-order valence-corrected chi connectivity index (χ3v) is 2.73. The summed E-state index contributed by atoms with van der Waals surface area (Å²) >= 11 is 0. The van der Waals surface area contributed by atoms with Gasteiger partial charge < -0.3 is 10.1 Å². The van der Waals surface area contributed by atoms with Crippen molar-refractivity contribution in [3.8, 4) is 0 Å². The van der Waals surface area contributed by atoms with E-state index in [1.54, 1.807) is 0 Å². The Kier molecular flexibility index (Phi) is 6.21. The van der Waals surface area contributed by atoms with E-state index in [4.69, 9.17) is 4.74 Å². The van der Waals surface area contributed by atoms with Crippen LogP contribution in [0.3, 0.4) is 0 Å². The van der Waals surface area contributed by atoms with Crippen molar-refractivity contribution in [3.05, 3.63) is 0 Å². The highest BCUT2D eigenvalue weighted by Gasteiger charge is 2.14. The highest BCUT2D eigenvalue weighted by Crippen LogP contribution is 2.20. The van der Waals surface area contributed by atoms with E-state index in [1.807, 2.05) is 7.05 Å². The minimum atomic E-state index is 0.601. The van der Waals surface area contributed by atoms with Crippen molar-refractivity contribution < 1.29 is 4.74 Å². The monoisotopic (exact) mass is 185 g/mol. The van der Waals surface area contributed by atoms with E-state index in [1.165, 1.54) is 44.9 Å². The summed E-state index contributed by atoms with van der Waals surface area (Å²) in [5.74, 6) is 0. The van der Waals surface area contributed by atoms with Gasteiger partial charge in [0.05, 0.1) is 6.10 Å². The van der Waals surface area contributed by atoms with Crippen LogP contribution in [0.25, 0.3) is 0 Å². The van der Waals surface area contributed by atoms with Crippen LogP contribution in [0, 0.1) is 0 Å². The quantitative estimate of drug-likeness (QED) is 0.615. The number of unbranched alkanes of at least 4 members (excludes halogenated alkanes) is 2. The standard InChI is InChI=1S/C11H23NO/c1-12-9-5-2-6-10-13-11-7-3-4-8-11/h11-12H,2-10H2,1H3. The van der Waals surface area contributed by atoms with Gasteiger partial charge >= 0.3 is 0 Å². The molecule has 0 heterocycles. The van der Waals surface area contributed by atoms with E-state index in [0.29, 0.717) is 6.10 Å². The Morgan fingerprint density at radius 3 is 2.62 bits per heavy atom. The molecular formula is C11H23NO. The molecule has 0 atom stereocenters. The number of hydrogen-bond donors (Lipinski definition) is 1. The molecule has 1 N–H and O–H groups in total. The molecule has 1 rings (SSSR count). The summed E-state index contributed by atoms with van der Waals surface area (Å²) in [4.78, 5) is 0. The molecule has 0 spiro atoms. The maximum atomic E-state index is 5.76. The van der Waals surface area contributed by atoms with Crippen LogP contribution in [0.15, 0.2) is 0 Å². The van der Waals surface area contributed by atoms with Gasteiger partial charge in [-0.1, -0.05) is 12.8 Å². The zero-order valence-corrected chi connectivity index (χ0v) is 8.85. The Labute approximate surface area is 82.0 Å². The maximum Gasteiger partial charge on any atom is 0.0575 e. The molecule has 0 aromatic carbocycles. The maximum absolute atomic E-state index is 5.76. The lowest BCUT2D eigenvalue weighted by Crippen LogP contribution is -2.10. The second-order valence-electron chi connectivity index (χ2n) is 3.94. The zero-order valence-electron chi connectivity index (χ0n) is 8.85. The molecule has 1 aliphatic rings. The summed E-state index contributed by atoms with van der Waals surface area (Å²) < 4.78 is 5.76. The Bertz CT molecular complexity index is 111. The average Bonchev–Trinajstić information content (AvgIpc) is 2.63. The summed E-state index contributed by atoms with van der Waals surface area (Å²) in [7, 11) is 2.01. The average molecular weight is 185 g/mol. The first kappa shape index (κ1) is 11.0. The van der Waals surface area contributed by atoms with Gasteiger partial charge in [0.2, 0.25) is 0 Å². The van der Waals surface area contributed by atoms with E-state index in [0.717, 1.165) is 13.2 Å². The predicted octanol–water partition coefficient (Wildman–Crippen LogP) is 2.34. The predicted molar refractivity (Wildman–Crippen MR) is 56.0 cm³/mol. The normalized spacial score (nSPS) is 18.2. The molecule has 0 aliphatic heterocycles. The zero-order chi connectivity index (χ0) is 9.36. The van der Waals surface area contributed by atoms with Crippen molar-refractivity contribution >= 4 is 0 Å². The highest BCUT2D eigenvalue weighted by molar-refractivity contribution is 4.66. The number of nitrogens with one attached hydrogen (secondary N) is 1. The summed E-state index contributed by atoms with van der Waals surface area (Å²) in [6.07, 6.45) is 9.78. The minimum Gasteiger partial charge on any atom is -0.378 e. The van der Waals surface area contributed by atoms with E-state index in [-0.39, 0.29) is 0 Å². The summed E-state index contributed by atoms with van der Waals surface area (Å²) in [6.45, 7) is 2.12. The molecule has 2 heteroatoms. The topological polar surface area (TPSA) is 21.3 Å². The molecule has 1 fully saturated rings. The fraction of sp³-hybridized carbons (Fsp3) is 1.00. The van der Waals surface area contributed by atoms with Gasteiger partial charge in [0, 0.05) is 6.61 Å².